The Morgan fingerprint density at radius 2 is 1.94 bits per heavy atom. The maximum Gasteiger partial charge on any atom is 0.262 e. The Hall–Kier alpha value is -1.64. The molecule has 102 valence electrons. The molecule has 0 aliphatic carbocycles. The Labute approximate surface area is 105 Å². The molecule has 0 spiro atoms. The Morgan fingerprint density at radius 3 is 2.61 bits per heavy atom. The van der Waals surface area contributed by atoms with E-state index in [1.54, 1.807) is 7.11 Å². The van der Waals surface area contributed by atoms with Crippen molar-refractivity contribution >= 4 is 5.82 Å². The largest absolute Gasteiger partial charge is 0.489 e. The molecule has 0 atom stereocenters. The summed E-state index contributed by atoms with van der Waals surface area (Å²) < 4.78 is 20.6. The predicted molar refractivity (Wildman–Crippen MR) is 64.6 cm³/mol. The van der Waals surface area contributed by atoms with Crippen molar-refractivity contribution in [2.45, 2.75) is 0 Å². The molecule has 8 heteroatoms. The van der Waals surface area contributed by atoms with Crippen molar-refractivity contribution in [3.05, 3.63) is 6.33 Å². The molecule has 0 fully saturated rings. The third kappa shape index (κ3) is 4.32. The first-order valence-corrected chi connectivity index (χ1v) is 5.38. The summed E-state index contributed by atoms with van der Waals surface area (Å²) in [6, 6.07) is 0. The van der Waals surface area contributed by atoms with E-state index in [1.807, 2.05) is 0 Å². The number of anilines is 1. The summed E-state index contributed by atoms with van der Waals surface area (Å²) in [6.45, 7) is 1.86. The van der Waals surface area contributed by atoms with Crippen molar-refractivity contribution in [3.8, 4) is 11.6 Å². The molecule has 0 unspecified atom stereocenters. The lowest BCUT2D eigenvalue weighted by atomic mass is 10.5. The quantitative estimate of drug-likeness (QED) is 0.357. The average Bonchev–Trinajstić information content (AvgIpc) is 2.42. The van der Waals surface area contributed by atoms with Crippen molar-refractivity contribution < 1.29 is 18.9 Å². The van der Waals surface area contributed by atoms with Crippen LogP contribution in [0.3, 0.4) is 0 Å². The lowest BCUT2D eigenvalue weighted by molar-refractivity contribution is 0.0531. The number of aromatic nitrogens is 2. The molecule has 8 nitrogen and oxygen atoms in total. The van der Waals surface area contributed by atoms with Crippen LogP contribution in [0.15, 0.2) is 6.33 Å². The minimum Gasteiger partial charge on any atom is -0.489 e. The topological polar surface area (TPSA) is 101 Å². The van der Waals surface area contributed by atoms with Gasteiger partial charge in [-0.15, -0.1) is 0 Å². The van der Waals surface area contributed by atoms with Crippen molar-refractivity contribution in [1.82, 2.24) is 9.97 Å². The normalized spacial score (nSPS) is 10.2. The molecular weight excluding hydrogens is 240 g/mol. The first-order valence-electron chi connectivity index (χ1n) is 5.38. The van der Waals surface area contributed by atoms with Gasteiger partial charge < -0.3 is 24.4 Å². The summed E-state index contributed by atoms with van der Waals surface area (Å²) in [4.78, 5) is 7.86. The van der Waals surface area contributed by atoms with Crippen LogP contribution in [-0.4, -0.2) is 50.6 Å². The van der Waals surface area contributed by atoms with Gasteiger partial charge in [0.15, 0.2) is 5.82 Å². The van der Waals surface area contributed by atoms with Crippen LogP contribution in [0.1, 0.15) is 0 Å². The minimum absolute atomic E-state index is 0.316. The fourth-order valence-electron chi connectivity index (χ4n) is 1.19. The van der Waals surface area contributed by atoms with E-state index in [-0.39, 0.29) is 0 Å². The van der Waals surface area contributed by atoms with E-state index in [1.165, 1.54) is 13.4 Å². The third-order valence-corrected chi connectivity index (χ3v) is 2.01. The van der Waals surface area contributed by atoms with E-state index < -0.39 is 0 Å². The van der Waals surface area contributed by atoms with Gasteiger partial charge in [-0.1, -0.05) is 0 Å². The van der Waals surface area contributed by atoms with Gasteiger partial charge >= 0.3 is 0 Å². The summed E-state index contributed by atoms with van der Waals surface area (Å²) in [5.41, 5.74) is 2.40. The van der Waals surface area contributed by atoms with E-state index in [9.17, 15) is 0 Å². The van der Waals surface area contributed by atoms with Gasteiger partial charge in [-0.3, -0.25) is 0 Å². The van der Waals surface area contributed by atoms with E-state index in [0.717, 1.165) is 0 Å². The van der Waals surface area contributed by atoms with Crippen molar-refractivity contribution in [2.75, 3.05) is 46.1 Å². The molecule has 0 bridgehead atoms. The molecule has 1 aromatic heterocycles. The smallest absolute Gasteiger partial charge is 0.262 e. The number of hydrogen-bond acceptors (Lipinski definition) is 8. The zero-order valence-electron chi connectivity index (χ0n) is 10.5. The molecule has 0 aromatic carbocycles. The van der Waals surface area contributed by atoms with Gasteiger partial charge in [0, 0.05) is 7.11 Å². The first kappa shape index (κ1) is 14.4. The van der Waals surface area contributed by atoms with Gasteiger partial charge in [-0.2, -0.15) is 4.98 Å². The molecule has 18 heavy (non-hydrogen) atoms. The van der Waals surface area contributed by atoms with E-state index in [0.29, 0.717) is 43.9 Å². The SMILES string of the molecule is COCCOCCOc1ncnc(NN)c1OC. The summed E-state index contributed by atoms with van der Waals surface area (Å²) in [5, 5.41) is 0. The summed E-state index contributed by atoms with van der Waals surface area (Å²) in [6.07, 6.45) is 1.33. The van der Waals surface area contributed by atoms with Gasteiger partial charge in [-0.05, 0) is 0 Å². The van der Waals surface area contributed by atoms with Crippen LogP contribution in [-0.2, 0) is 9.47 Å². The molecule has 0 aliphatic rings. The summed E-state index contributed by atoms with van der Waals surface area (Å²) >= 11 is 0. The molecule has 1 rings (SSSR count). The zero-order valence-corrected chi connectivity index (χ0v) is 10.5. The highest BCUT2D eigenvalue weighted by Crippen LogP contribution is 2.29. The van der Waals surface area contributed by atoms with Crippen LogP contribution < -0.4 is 20.7 Å². The van der Waals surface area contributed by atoms with Crippen LogP contribution in [0.25, 0.3) is 0 Å². The molecule has 3 N–H and O–H groups in total. The second kappa shape index (κ2) is 8.45. The van der Waals surface area contributed by atoms with Gasteiger partial charge in [0.25, 0.3) is 5.88 Å². The van der Waals surface area contributed by atoms with Crippen LogP contribution in [0.5, 0.6) is 11.6 Å². The lowest BCUT2D eigenvalue weighted by Crippen LogP contribution is -2.13. The molecular formula is C10H18N4O4. The van der Waals surface area contributed by atoms with Crippen molar-refractivity contribution in [2.24, 2.45) is 5.84 Å². The maximum atomic E-state index is 5.41. The second-order valence-electron chi connectivity index (χ2n) is 3.16. The Morgan fingerprint density at radius 1 is 1.17 bits per heavy atom. The monoisotopic (exact) mass is 258 g/mol. The Balaban J connectivity index is 2.41. The number of rotatable bonds is 9. The van der Waals surface area contributed by atoms with E-state index in [4.69, 9.17) is 24.8 Å². The molecule has 1 heterocycles. The number of hydrazine groups is 1. The van der Waals surface area contributed by atoms with Crippen molar-refractivity contribution in [1.29, 1.82) is 0 Å². The molecule has 0 saturated carbocycles. The average molecular weight is 258 g/mol. The third-order valence-electron chi connectivity index (χ3n) is 2.01. The molecule has 0 radical (unpaired) electrons. The molecule has 0 aliphatic heterocycles. The molecule has 0 saturated heterocycles. The highest BCUT2D eigenvalue weighted by atomic mass is 16.6. The fourth-order valence-corrected chi connectivity index (χ4v) is 1.19. The van der Waals surface area contributed by atoms with Crippen LogP contribution in [0.2, 0.25) is 0 Å². The maximum absolute atomic E-state index is 5.41. The number of nitrogen functional groups attached to an aromatic ring is 1. The Bertz CT molecular complexity index is 351. The van der Waals surface area contributed by atoms with Gasteiger partial charge in [0.05, 0.1) is 26.9 Å². The number of nitrogens with zero attached hydrogens (tertiary/aromatic N) is 2. The number of methoxy groups -OCH3 is 2. The van der Waals surface area contributed by atoms with Crippen LogP contribution in [0, 0.1) is 0 Å². The van der Waals surface area contributed by atoms with Gasteiger partial charge in [0.2, 0.25) is 5.75 Å². The Kier molecular flexibility index (Phi) is 6.77. The summed E-state index contributed by atoms with van der Waals surface area (Å²) in [5.74, 6) is 6.33. The van der Waals surface area contributed by atoms with Crippen molar-refractivity contribution in [3.63, 3.8) is 0 Å². The van der Waals surface area contributed by atoms with Crippen LogP contribution in [0.4, 0.5) is 5.82 Å². The fraction of sp³-hybridized carbons (Fsp3) is 0.600. The van der Waals surface area contributed by atoms with Crippen LogP contribution >= 0.6 is 0 Å². The molecule has 1 aromatic rings. The number of ether oxygens (including phenoxy) is 4. The zero-order chi connectivity index (χ0) is 13.2. The highest BCUT2D eigenvalue weighted by molar-refractivity contribution is 5.54. The lowest BCUT2D eigenvalue weighted by Gasteiger charge is -2.11. The van der Waals surface area contributed by atoms with E-state index in [2.05, 4.69) is 15.4 Å². The highest BCUT2D eigenvalue weighted by Gasteiger charge is 2.12. The van der Waals surface area contributed by atoms with E-state index >= 15 is 0 Å². The molecule has 0 amide bonds. The van der Waals surface area contributed by atoms with Gasteiger partial charge in [0.1, 0.15) is 12.9 Å². The predicted octanol–water partition coefficient (Wildman–Crippen LogP) is -0.187. The second-order valence-corrected chi connectivity index (χ2v) is 3.16. The number of nitrogens with one attached hydrogen (secondary N) is 1. The summed E-state index contributed by atoms with van der Waals surface area (Å²) in [7, 11) is 3.11. The number of hydrogen-bond donors (Lipinski definition) is 2. The number of nitrogens with two attached hydrogens (primary N) is 1. The van der Waals surface area contributed by atoms with Gasteiger partial charge in [-0.25, -0.2) is 10.8 Å². The standard InChI is InChI=1S/C10H18N4O4/c1-15-3-4-17-5-6-18-10-8(16-2)9(14-11)12-7-13-10/h7H,3-6,11H2,1-2H3,(H,12,13,14). The minimum atomic E-state index is 0.316. The first-order chi connectivity index (χ1) is 8.83.